The van der Waals surface area contributed by atoms with Crippen molar-refractivity contribution >= 4 is 5.65 Å². The maximum atomic E-state index is 14.3. The van der Waals surface area contributed by atoms with Gasteiger partial charge in [-0.25, -0.2) is 13.8 Å². The molecule has 7 heteroatoms. The summed E-state index contributed by atoms with van der Waals surface area (Å²) in [6.07, 6.45) is 5.41. The summed E-state index contributed by atoms with van der Waals surface area (Å²) in [5, 5.41) is 3.48. The van der Waals surface area contributed by atoms with Gasteiger partial charge in [-0.1, -0.05) is 18.2 Å². The lowest BCUT2D eigenvalue weighted by atomic mass is 10.0. The van der Waals surface area contributed by atoms with Crippen molar-refractivity contribution in [1.29, 1.82) is 0 Å². The van der Waals surface area contributed by atoms with E-state index >= 15 is 0 Å². The maximum absolute atomic E-state index is 14.3. The zero-order valence-electron chi connectivity index (χ0n) is 20.2. The highest BCUT2D eigenvalue weighted by Gasteiger charge is 2.12. The van der Waals surface area contributed by atoms with Gasteiger partial charge < -0.3 is 10.2 Å². The van der Waals surface area contributed by atoms with Crippen LogP contribution < -0.4 is 5.32 Å². The van der Waals surface area contributed by atoms with E-state index in [2.05, 4.69) is 70.7 Å². The molecule has 2 aromatic carbocycles. The first-order valence-corrected chi connectivity index (χ1v) is 11.8. The fraction of sp³-hybridized carbons (Fsp3) is 0.172. The van der Waals surface area contributed by atoms with Gasteiger partial charge in [0.05, 0.1) is 17.6 Å². The molecule has 36 heavy (non-hydrogen) atoms. The van der Waals surface area contributed by atoms with Crippen LogP contribution in [-0.4, -0.2) is 46.5 Å². The lowest BCUT2D eigenvalue weighted by molar-refractivity contribution is 0.400. The van der Waals surface area contributed by atoms with Gasteiger partial charge in [0.15, 0.2) is 0 Å². The van der Waals surface area contributed by atoms with Gasteiger partial charge in [-0.3, -0.25) is 9.38 Å². The second-order valence-corrected chi connectivity index (χ2v) is 9.02. The molecule has 5 aromatic rings. The van der Waals surface area contributed by atoms with E-state index in [4.69, 9.17) is 0 Å². The highest BCUT2D eigenvalue weighted by atomic mass is 19.1. The number of aromatic nitrogens is 3. The Morgan fingerprint density at radius 2 is 1.75 bits per heavy atom. The number of fused-ring (bicyclic) bond motifs is 1. The molecule has 0 aliphatic rings. The van der Waals surface area contributed by atoms with Crippen LogP contribution in [0.1, 0.15) is 5.56 Å². The molecule has 3 heterocycles. The molecule has 0 radical (unpaired) electrons. The number of rotatable bonds is 8. The van der Waals surface area contributed by atoms with E-state index in [0.29, 0.717) is 5.69 Å². The Hall–Kier alpha value is -3.94. The lowest BCUT2D eigenvalue weighted by Crippen LogP contribution is -2.26. The monoisotopic (exact) mass is 483 g/mol. The van der Waals surface area contributed by atoms with E-state index < -0.39 is 11.6 Å². The summed E-state index contributed by atoms with van der Waals surface area (Å²) in [5.41, 5.74) is 6.65. The van der Waals surface area contributed by atoms with Crippen LogP contribution in [0.25, 0.3) is 39.3 Å². The molecule has 0 fully saturated rings. The minimum absolute atomic E-state index is 0.255. The summed E-state index contributed by atoms with van der Waals surface area (Å²) in [5.74, 6) is -1.26. The maximum Gasteiger partial charge on any atom is 0.137 e. The third-order valence-electron chi connectivity index (χ3n) is 6.10. The van der Waals surface area contributed by atoms with Gasteiger partial charge in [0, 0.05) is 49.2 Å². The number of hydrogen-bond acceptors (Lipinski definition) is 4. The first-order chi connectivity index (χ1) is 17.5. The number of benzene rings is 2. The average molecular weight is 484 g/mol. The Morgan fingerprint density at radius 1 is 0.889 bits per heavy atom. The van der Waals surface area contributed by atoms with Gasteiger partial charge in [-0.2, -0.15) is 0 Å². The molecule has 182 valence electrons. The molecule has 0 unspecified atom stereocenters. The Labute approximate surface area is 209 Å². The van der Waals surface area contributed by atoms with Gasteiger partial charge >= 0.3 is 0 Å². The van der Waals surface area contributed by atoms with Crippen molar-refractivity contribution in [1.82, 2.24) is 24.6 Å². The van der Waals surface area contributed by atoms with E-state index in [1.807, 2.05) is 16.7 Å². The number of likely N-dealkylation sites (N-methyl/N-ethyl adjacent to an activating group) is 1. The minimum atomic E-state index is -0.641. The van der Waals surface area contributed by atoms with E-state index in [-0.39, 0.29) is 5.56 Å². The topological polar surface area (TPSA) is 45.5 Å². The first kappa shape index (κ1) is 23.8. The standard InChI is InChI=1S/C29H27F2N5/c1-35(2)13-11-32-18-20-4-3-5-21(14-20)22-9-12-36-28(19-34-29(36)16-22)23-8-10-33-27(15-23)25-7-6-24(30)17-26(25)31/h3-10,12,14-17,19,32H,11,13,18H2,1-2H3. The predicted octanol–water partition coefficient (Wildman–Crippen LogP) is 5.66. The number of pyridine rings is 2. The number of nitrogens with zero attached hydrogens (tertiary/aromatic N) is 4. The summed E-state index contributed by atoms with van der Waals surface area (Å²) < 4.78 is 29.6. The van der Waals surface area contributed by atoms with Gasteiger partial charge in [-0.15, -0.1) is 0 Å². The summed E-state index contributed by atoms with van der Waals surface area (Å²) in [6.45, 7) is 2.75. The molecule has 0 aliphatic carbocycles. The molecule has 3 aromatic heterocycles. The van der Waals surface area contributed by atoms with Crippen molar-refractivity contribution in [3.63, 3.8) is 0 Å². The predicted molar refractivity (Wildman–Crippen MR) is 139 cm³/mol. The summed E-state index contributed by atoms with van der Waals surface area (Å²) >= 11 is 0. The van der Waals surface area contributed by atoms with Crippen molar-refractivity contribution in [2.24, 2.45) is 0 Å². The Kier molecular flexibility index (Phi) is 6.84. The van der Waals surface area contributed by atoms with E-state index in [9.17, 15) is 8.78 Å². The number of nitrogens with one attached hydrogen (secondary N) is 1. The average Bonchev–Trinajstić information content (AvgIpc) is 3.30. The van der Waals surface area contributed by atoms with Crippen LogP contribution in [0.5, 0.6) is 0 Å². The van der Waals surface area contributed by atoms with Crippen LogP contribution >= 0.6 is 0 Å². The van der Waals surface area contributed by atoms with E-state index in [1.165, 1.54) is 17.7 Å². The van der Waals surface area contributed by atoms with Crippen molar-refractivity contribution in [3.8, 4) is 33.6 Å². The summed E-state index contributed by atoms with van der Waals surface area (Å²) in [7, 11) is 4.14. The highest BCUT2D eigenvalue weighted by Crippen LogP contribution is 2.29. The molecule has 0 saturated carbocycles. The van der Waals surface area contributed by atoms with Crippen LogP contribution in [-0.2, 0) is 6.54 Å². The number of hydrogen-bond donors (Lipinski definition) is 1. The number of halogens is 2. The first-order valence-electron chi connectivity index (χ1n) is 11.8. The Balaban J connectivity index is 1.40. The van der Waals surface area contributed by atoms with E-state index in [0.717, 1.165) is 53.7 Å². The zero-order valence-corrected chi connectivity index (χ0v) is 20.2. The molecular formula is C29H27F2N5. The fourth-order valence-electron chi connectivity index (χ4n) is 4.20. The van der Waals surface area contributed by atoms with Crippen molar-refractivity contribution < 1.29 is 8.78 Å². The normalized spacial score (nSPS) is 11.5. The quantitative estimate of drug-likeness (QED) is 0.289. The fourth-order valence-corrected chi connectivity index (χ4v) is 4.20. The van der Waals surface area contributed by atoms with Crippen LogP contribution in [0.15, 0.2) is 85.3 Å². The second-order valence-electron chi connectivity index (χ2n) is 9.02. The molecule has 0 saturated heterocycles. The molecule has 0 atom stereocenters. The zero-order chi connectivity index (χ0) is 25.1. The summed E-state index contributed by atoms with van der Waals surface area (Å²) in [4.78, 5) is 11.1. The molecule has 5 rings (SSSR count). The smallest absolute Gasteiger partial charge is 0.137 e. The van der Waals surface area contributed by atoms with Crippen LogP contribution in [0.3, 0.4) is 0 Å². The van der Waals surface area contributed by atoms with Crippen molar-refractivity contribution in [2.75, 3.05) is 27.2 Å². The van der Waals surface area contributed by atoms with Crippen molar-refractivity contribution in [3.05, 3.63) is 103 Å². The third-order valence-corrected chi connectivity index (χ3v) is 6.10. The van der Waals surface area contributed by atoms with Crippen LogP contribution in [0.2, 0.25) is 0 Å². The molecule has 5 nitrogen and oxygen atoms in total. The number of imidazole rings is 1. The van der Waals surface area contributed by atoms with Gasteiger partial charge in [0.25, 0.3) is 0 Å². The molecule has 0 bridgehead atoms. The third kappa shape index (κ3) is 5.17. The van der Waals surface area contributed by atoms with Crippen LogP contribution in [0.4, 0.5) is 8.78 Å². The molecule has 0 spiro atoms. The van der Waals surface area contributed by atoms with Crippen LogP contribution in [0, 0.1) is 11.6 Å². The largest absolute Gasteiger partial charge is 0.311 e. The van der Waals surface area contributed by atoms with Crippen molar-refractivity contribution in [2.45, 2.75) is 6.54 Å². The SMILES string of the molecule is CN(C)CCNCc1cccc(-c2ccn3c(-c4ccnc(-c5ccc(F)cc5F)c4)cnc3c2)c1. The Bertz CT molecular complexity index is 1510. The van der Waals surface area contributed by atoms with Gasteiger partial charge in [0.2, 0.25) is 0 Å². The van der Waals surface area contributed by atoms with Gasteiger partial charge in [0.1, 0.15) is 17.3 Å². The molecule has 1 N–H and O–H groups in total. The molecule has 0 amide bonds. The van der Waals surface area contributed by atoms with E-state index in [1.54, 1.807) is 18.5 Å². The minimum Gasteiger partial charge on any atom is -0.311 e. The second kappa shape index (κ2) is 10.4. The Morgan fingerprint density at radius 3 is 2.58 bits per heavy atom. The molecule has 0 aliphatic heterocycles. The summed E-state index contributed by atoms with van der Waals surface area (Å²) in [6, 6.07) is 19.8. The lowest BCUT2D eigenvalue weighted by Gasteiger charge is -2.11. The highest BCUT2D eigenvalue weighted by molar-refractivity contribution is 5.73. The molecular weight excluding hydrogens is 456 g/mol. The van der Waals surface area contributed by atoms with Gasteiger partial charge in [-0.05, 0) is 73.3 Å².